The minimum atomic E-state index is -1.21. The van der Waals surface area contributed by atoms with Gasteiger partial charge in [-0.2, -0.15) is 0 Å². The number of carbonyl (C=O) groups is 1. The summed E-state index contributed by atoms with van der Waals surface area (Å²) < 4.78 is 11.7. The molecule has 2 aliphatic rings. The van der Waals surface area contributed by atoms with E-state index in [0.717, 1.165) is 57.9 Å². The van der Waals surface area contributed by atoms with Crippen molar-refractivity contribution in [3.63, 3.8) is 0 Å². The van der Waals surface area contributed by atoms with E-state index in [1.54, 1.807) is 13.2 Å². The largest absolute Gasteiger partial charge is 0.455 e. The molecule has 2 aromatic carbocycles. The molecule has 1 saturated carbocycles. The van der Waals surface area contributed by atoms with Gasteiger partial charge >= 0.3 is 0 Å². The van der Waals surface area contributed by atoms with Crippen LogP contribution in [0.25, 0.3) is 0 Å². The number of para-hydroxylation sites is 1. The number of carbonyl (C=O) groups excluding carboxylic acids is 1. The van der Waals surface area contributed by atoms with Crippen molar-refractivity contribution >= 4 is 17.5 Å². The predicted molar refractivity (Wildman–Crippen MR) is 152 cm³/mol. The van der Waals surface area contributed by atoms with Gasteiger partial charge in [-0.3, -0.25) is 4.79 Å². The highest BCUT2D eigenvalue weighted by Crippen LogP contribution is 2.47. The SMILES string of the molecule is CCc1cccc(Oc2c(Cl)cccc2[C@](O)(CCCCOC)C2CCCN(C(=O)[C@@H]3CC[C@H](N)C3)C2)c1. The van der Waals surface area contributed by atoms with Crippen LogP contribution >= 0.6 is 11.6 Å². The molecule has 1 saturated heterocycles. The first kappa shape index (κ1) is 28.9. The van der Waals surface area contributed by atoms with Crippen LogP contribution < -0.4 is 10.5 Å². The standard InChI is InChI=1S/C31H43ClN2O4/c1-3-22-9-6-11-26(19-22)38-29-27(12-7-13-28(29)32)31(36,16-4-5-18-37-2)24-10-8-17-34(21-24)30(35)23-14-15-25(33)20-23/h6-7,9,11-13,19,23-25,36H,3-5,8,10,14-18,20-21,33H2,1-2H3/t23-,24?,25+,31+/m1/s1. The number of hydrogen-bond donors (Lipinski definition) is 2. The number of rotatable bonds is 11. The molecule has 1 amide bonds. The fourth-order valence-electron chi connectivity index (χ4n) is 6.17. The predicted octanol–water partition coefficient (Wildman–Crippen LogP) is 6.07. The van der Waals surface area contributed by atoms with Crippen LogP contribution in [0.4, 0.5) is 0 Å². The Morgan fingerprint density at radius 2 is 2.00 bits per heavy atom. The average Bonchev–Trinajstić information content (AvgIpc) is 3.38. The second-order valence-electron chi connectivity index (χ2n) is 11.0. The quantitative estimate of drug-likeness (QED) is 0.337. The lowest BCUT2D eigenvalue weighted by Crippen LogP contribution is -2.49. The highest BCUT2D eigenvalue weighted by molar-refractivity contribution is 6.32. The van der Waals surface area contributed by atoms with Crippen molar-refractivity contribution in [3.8, 4) is 11.5 Å². The first-order valence-electron chi connectivity index (χ1n) is 14.2. The summed E-state index contributed by atoms with van der Waals surface area (Å²) in [5, 5.41) is 13.0. The van der Waals surface area contributed by atoms with E-state index in [1.807, 2.05) is 35.2 Å². The number of methoxy groups -OCH3 is 1. The molecule has 208 valence electrons. The summed E-state index contributed by atoms with van der Waals surface area (Å²) in [6.07, 6.45) is 7.23. The summed E-state index contributed by atoms with van der Waals surface area (Å²) in [5.41, 5.74) is 6.75. The fraction of sp³-hybridized carbons (Fsp3) is 0.581. The highest BCUT2D eigenvalue weighted by atomic mass is 35.5. The smallest absolute Gasteiger partial charge is 0.225 e. The van der Waals surface area contributed by atoms with Crippen molar-refractivity contribution in [2.24, 2.45) is 17.6 Å². The highest BCUT2D eigenvalue weighted by Gasteiger charge is 2.44. The summed E-state index contributed by atoms with van der Waals surface area (Å²) in [4.78, 5) is 15.4. The van der Waals surface area contributed by atoms with E-state index >= 15 is 0 Å². The van der Waals surface area contributed by atoms with Crippen molar-refractivity contribution in [2.45, 2.75) is 76.4 Å². The number of hydrogen-bond acceptors (Lipinski definition) is 5. The van der Waals surface area contributed by atoms with E-state index in [4.69, 9.17) is 26.8 Å². The van der Waals surface area contributed by atoms with Gasteiger partial charge in [-0.1, -0.05) is 42.8 Å². The normalized spacial score (nSPS) is 23.3. The van der Waals surface area contributed by atoms with Gasteiger partial charge in [0.05, 0.1) is 10.6 Å². The lowest BCUT2D eigenvalue weighted by molar-refractivity contribution is -0.141. The molecule has 0 spiro atoms. The molecule has 2 aromatic rings. The third kappa shape index (κ3) is 6.71. The molecule has 0 radical (unpaired) electrons. The zero-order valence-corrected chi connectivity index (χ0v) is 23.6. The van der Waals surface area contributed by atoms with E-state index in [2.05, 4.69) is 13.0 Å². The van der Waals surface area contributed by atoms with Gasteiger partial charge in [-0.25, -0.2) is 0 Å². The van der Waals surface area contributed by atoms with Crippen molar-refractivity contribution in [1.29, 1.82) is 0 Å². The van der Waals surface area contributed by atoms with E-state index in [-0.39, 0.29) is 23.8 Å². The van der Waals surface area contributed by atoms with Gasteiger partial charge in [0.2, 0.25) is 5.91 Å². The summed E-state index contributed by atoms with van der Waals surface area (Å²) in [5.74, 6) is 1.22. The number of aryl methyl sites for hydroxylation is 1. The first-order valence-corrected chi connectivity index (χ1v) is 14.5. The third-order valence-electron chi connectivity index (χ3n) is 8.35. The topological polar surface area (TPSA) is 85.0 Å². The number of amides is 1. The molecular weight excluding hydrogens is 500 g/mol. The number of likely N-dealkylation sites (tertiary alicyclic amines) is 1. The van der Waals surface area contributed by atoms with Crippen molar-refractivity contribution in [2.75, 3.05) is 26.8 Å². The van der Waals surface area contributed by atoms with E-state index < -0.39 is 5.60 Å². The number of nitrogens with zero attached hydrogens (tertiary/aromatic N) is 1. The number of nitrogens with two attached hydrogens (primary N) is 1. The van der Waals surface area contributed by atoms with Crippen molar-refractivity contribution in [3.05, 3.63) is 58.6 Å². The van der Waals surface area contributed by atoms with Gasteiger partial charge in [-0.05, 0) is 81.5 Å². The van der Waals surface area contributed by atoms with Gasteiger partial charge < -0.3 is 25.2 Å². The van der Waals surface area contributed by atoms with Crippen LogP contribution in [0.5, 0.6) is 11.5 Å². The molecular formula is C31H43ClN2O4. The Morgan fingerprint density at radius 3 is 2.74 bits per heavy atom. The molecule has 1 aliphatic carbocycles. The van der Waals surface area contributed by atoms with Crippen LogP contribution in [-0.4, -0.2) is 48.8 Å². The maximum atomic E-state index is 13.4. The Balaban J connectivity index is 1.65. The van der Waals surface area contributed by atoms with E-state index in [1.165, 1.54) is 5.56 Å². The fourth-order valence-corrected chi connectivity index (χ4v) is 6.38. The molecule has 0 aromatic heterocycles. The summed E-state index contributed by atoms with van der Waals surface area (Å²) in [6.45, 7) is 3.98. The maximum Gasteiger partial charge on any atom is 0.225 e. The van der Waals surface area contributed by atoms with Crippen LogP contribution in [0.2, 0.25) is 5.02 Å². The lowest BCUT2D eigenvalue weighted by atomic mass is 9.73. The first-order chi connectivity index (χ1) is 18.4. The van der Waals surface area contributed by atoms with Gasteiger partial charge in [-0.15, -0.1) is 0 Å². The molecule has 4 atom stereocenters. The Kier molecular flexibility index (Phi) is 10.1. The summed E-state index contributed by atoms with van der Waals surface area (Å²) >= 11 is 6.73. The number of unbranched alkanes of at least 4 members (excludes halogenated alkanes) is 1. The third-order valence-corrected chi connectivity index (χ3v) is 8.64. The van der Waals surface area contributed by atoms with Crippen LogP contribution in [0, 0.1) is 11.8 Å². The summed E-state index contributed by atoms with van der Waals surface area (Å²) in [6, 6.07) is 13.7. The van der Waals surface area contributed by atoms with Crippen LogP contribution in [0.15, 0.2) is 42.5 Å². The zero-order valence-electron chi connectivity index (χ0n) is 22.8. The number of halogens is 1. The van der Waals surface area contributed by atoms with Crippen LogP contribution in [0.3, 0.4) is 0 Å². The van der Waals surface area contributed by atoms with E-state index in [0.29, 0.717) is 41.7 Å². The van der Waals surface area contributed by atoms with Crippen molar-refractivity contribution in [1.82, 2.24) is 4.90 Å². The molecule has 6 nitrogen and oxygen atoms in total. The number of aliphatic hydroxyl groups is 1. The molecule has 38 heavy (non-hydrogen) atoms. The summed E-state index contributed by atoms with van der Waals surface area (Å²) in [7, 11) is 1.69. The van der Waals surface area contributed by atoms with Gasteiger partial charge in [0.1, 0.15) is 5.75 Å². The Hall–Kier alpha value is -2.12. The Morgan fingerprint density at radius 1 is 1.18 bits per heavy atom. The monoisotopic (exact) mass is 542 g/mol. The second-order valence-corrected chi connectivity index (χ2v) is 11.4. The molecule has 1 aliphatic heterocycles. The Bertz CT molecular complexity index is 1080. The number of piperidine rings is 1. The second kappa shape index (κ2) is 13.3. The lowest BCUT2D eigenvalue weighted by Gasteiger charge is -2.44. The van der Waals surface area contributed by atoms with E-state index in [9.17, 15) is 9.90 Å². The minimum Gasteiger partial charge on any atom is -0.455 e. The molecule has 0 bridgehead atoms. The number of ether oxygens (including phenoxy) is 2. The Labute approximate surface area is 232 Å². The average molecular weight is 543 g/mol. The maximum absolute atomic E-state index is 13.4. The molecule has 2 fully saturated rings. The van der Waals surface area contributed by atoms with Crippen LogP contribution in [-0.2, 0) is 21.6 Å². The van der Waals surface area contributed by atoms with Crippen molar-refractivity contribution < 1.29 is 19.4 Å². The minimum absolute atomic E-state index is 0.00514. The molecule has 1 unspecified atom stereocenters. The molecule has 3 N–H and O–H groups in total. The molecule has 1 heterocycles. The van der Waals surface area contributed by atoms with Gasteiger partial charge in [0.15, 0.2) is 5.75 Å². The van der Waals surface area contributed by atoms with Crippen LogP contribution in [0.1, 0.15) is 69.4 Å². The molecule has 4 rings (SSSR count). The van der Waals surface area contributed by atoms with Gasteiger partial charge in [0, 0.05) is 50.2 Å². The zero-order chi connectivity index (χ0) is 27.1. The van der Waals surface area contributed by atoms with Gasteiger partial charge in [0.25, 0.3) is 0 Å². The number of benzene rings is 2. The molecule has 7 heteroatoms.